The summed E-state index contributed by atoms with van der Waals surface area (Å²) in [4.78, 5) is 34.1. The second kappa shape index (κ2) is 7.74. The third-order valence-electron chi connectivity index (χ3n) is 5.39. The number of amides is 1. The molecule has 1 fully saturated rings. The molecule has 1 saturated heterocycles. The molecule has 0 spiro atoms. The first-order chi connectivity index (χ1) is 13.2. The van der Waals surface area contributed by atoms with Crippen molar-refractivity contribution >= 4 is 16.8 Å². The van der Waals surface area contributed by atoms with Crippen molar-refractivity contribution in [2.24, 2.45) is 0 Å². The van der Waals surface area contributed by atoms with Crippen molar-refractivity contribution in [1.29, 1.82) is 0 Å². The van der Waals surface area contributed by atoms with Crippen LogP contribution in [0.2, 0.25) is 0 Å². The van der Waals surface area contributed by atoms with Crippen molar-refractivity contribution in [3.05, 3.63) is 76.3 Å². The van der Waals surface area contributed by atoms with E-state index in [9.17, 15) is 9.59 Å². The normalized spacial score (nSPS) is 15.2. The minimum absolute atomic E-state index is 0.0861. The number of pyridine rings is 2. The highest BCUT2D eigenvalue weighted by Crippen LogP contribution is 2.27. The van der Waals surface area contributed by atoms with E-state index in [-0.39, 0.29) is 17.4 Å². The number of aromatic nitrogens is 2. The Bertz CT molecular complexity index is 989. The largest absolute Gasteiger partial charge is 0.343 e. The molecule has 1 amide bonds. The van der Waals surface area contributed by atoms with Gasteiger partial charge in [0.1, 0.15) is 0 Å². The summed E-state index contributed by atoms with van der Waals surface area (Å²) in [6.45, 7) is 1.47. The third-order valence-corrected chi connectivity index (χ3v) is 5.39. The van der Waals surface area contributed by atoms with E-state index < -0.39 is 0 Å². The zero-order chi connectivity index (χ0) is 18.6. The molecule has 2 aromatic heterocycles. The molecule has 4 rings (SSSR count). The van der Waals surface area contributed by atoms with Crippen LogP contribution >= 0.6 is 0 Å². The maximum atomic E-state index is 12.5. The van der Waals surface area contributed by atoms with E-state index in [2.05, 4.69) is 22.1 Å². The van der Waals surface area contributed by atoms with E-state index in [0.717, 1.165) is 43.6 Å². The summed E-state index contributed by atoms with van der Waals surface area (Å²) in [6, 6.07) is 15.7. The number of aromatic amines is 1. The highest BCUT2D eigenvalue weighted by Gasteiger charge is 2.24. The topological polar surface area (TPSA) is 66.1 Å². The van der Waals surface area contributed by atoms with Crippen LogP contribution in [-0.4, -0.2) is 33.9 Å². The van der Waals surface area contributed by atoms with Crippen LogP contribution < -0.4 is 5.56 Å². The van der Waals surface area contributed by atoms with Gasteiger partial charge < -0.3 is 9.88 Å². The van der Waals surface area contributed by atoms with Crippen molar-refractivity contribution in [1.82, 2.24) is 14.9 Å². The first kappa shape index (κ1) is 17.5. The summed E-state index contributed by atoms with van der Waals surface area (Å²) in [7, 11) is 0. The van der Waals surface area contributed by atoms with Crippen molar-refractivity contribution in [2.75, 3.05) is 13.1 Å². The summed E-state index contributed by atoms with van der Waals surface area (Å²) in [5.74, 6) is 0.480. The number of piperidine rings is 1. The number of nitrogens with one attached hydrogen (secondary N) is 1. The van der Waals surface area contributed by atoms with Crippen LogP contribution in [0.25, 0.3) is 10.9 Å². The maximum absolute atomic E-state index is 12.5. The van der Waals surface area contributed by atoms with E-state index in [1.807, 2.05) is 29.2 Å². The second-order valence-corrected chi connectivity index (χ2v) is 7.13. The molecule has 0 aliphatic carbocycles. The lowest BCUT2D eigenvalue weighted by atomic mass is 9.92. The maximum Gasteiger partial charge on any atom is 0.257 e. The van der Waals surface area contributed by atoms with Gasteiger partial charge in [0.15, 0.2) is 0 Å². The van der Waals surface area contributed by atoms with Crippen molar-refractivity contribution in [3.63, 3.8) is 0 Å². The molecule has 1 N–H and O–H groups in total. The van der Waals surface area contributed by atoms with Gasteiger partial charge in [-0.3, -0.25) is 14.6 Å². The van der Waals surface area contributed by atoms with Crippen molar-refractivity contribution in [2.45, 2.75) is 31.6 Å². The highest BCUT2D eigenvalue weighted by molar-refractivity contribution is 5.78. The summed E-state index contributed by atoms with van der Waals surface area (Å²) in [5, 5.41) is 0.620. The fraction of sp³-hybridized carbons (Fsp3) is 0.318. The number of likely N-dealkylation sites (tertiary alicyclic amines) is 1. The molecular weight excluding hydrogens is 338 g/mol. The minimum atomic E-state index is -0.0861. The summed E-state index contributed by atoms with van der Waals surface area (Å²) < 4.78 is 0. The third kappa shape index (κ3) is 3.92. The number of fused-ring (bicyclic) bond motifs is 1. The summed E-state index contributed by atoms with van der Waals surface area (Å²) >= 11 is 0. The van der Waals surface area contributed by atoms with Crippen LogP contribution in [0, 0.1) is 0 Å². The lowest BCUT2D eigenvalue weighted by Crippen LogP contribution is -2.38. The van der Waals surface area contributed by atoms with Crippen molar-refractivity contribution in [3.8, 4) is 0 Å². The average Bonchev–Trinajstić information content (AvgIpc) is 2.73. The average molecular weight is 361 g/mol. The number of hydrogen-bond acceptors (Lipinski definition) is 3. The molecular formula is C22H23N3O2. The molecule has 5 nitrogen and oxygen atoms in total. The van der Waals surface area contributed by atoms with Gasteiger partial charge in [0.05, 0.1) is 10.9 Å². The monoisotopic (exact) mass is 361 g/mol. The van der Waals surface area contributed by atoms with Crippen molar-refractivity contribution < 1.29 is 4.79 Å². The lowest BCUT2D eigenvalue weighted by Gasteiger charge is -2.32. The van der Waals surface area contributed by atoms with Gasteiger partial charge in [-0.05, 0) is 43.0 Å². The number of benzene rings is 1. The van der Waals surface area contributed by atoms with Gasteiger partial charge in [0, 0.05) is 37.3 Å². The van der Waals surface area contributed by atoms with Crippen LogP contribution in [-0.2, 0) is 11.2 Å². The van der Waals surface area contributed by atoms with E-state index in [4.69, 9.17) is 0 Å². The lowest BCUT2D eigenvalue weighted by molar-refractivity contribution is -0.132. The van der Waals surface area contributed by atoms with E-state index in [1.54, 1.807) is 18.3 Å². The van der Waals surface area contributed by atoms with E-state index in [0.29, 0.717) is 11.8 Å². The molecule has 1 aromatic carbocycles. The van der Waals surface area contributed by atoms with Gasteiger partial charge in [-0.1, -0.05) is 30.3 Å². The second-order valence-electron chi connectivity index (χ2n) is 7.13. The Labute approximate surface area is 158 Å². The number of carbonyl (C=O) groups excluding carboxylic acids is 1. The molecule has 0 atom stereocenters. The number of hydrogen-bond donors (Lipinski definition) is 1. The zero-order valence-corrected chi connectivity index (χ0v) is 15.2. The van der Waals surface area contributed by atoms with Crippen LogP contribution in [0.15, 0.2) is 59.5 Å². The highest BCUT2D eigenvalue weighted by atomic mass is 16.2. The molecule has 0 radical (unpaired) electrons. The Hall–Kier alpha value is -2.95. The Morgan fingerprint density at radius 3 is 2.67 bits per heavy atom. The predicted molar refractivity (Wildman–Crippen MR) is 106 cm³/mol. The predicted octanol–water partition coefficient (Wildman–Crippen LogP) is 3.26. The standard InChI is InChI=1S/C22H23N3O2/c26-21(9-8-16-5-2-1-3-6-16)25-13-10-17(11-14-25)19-15-20-18(22(27)24-19)7-4-12-23-20/h1-7,12,15,17H,8-11,13-14H2,(H,24,27). The van der Waals surface area contributed by atoms with Gasteiger partial charge >= 0.3 is 0 Å². The van der Waals surface area contributed by atoms with Gasteiger partial charge in [0.2, 0.25) is 5.91 Å². The molecule has 5 heteroatoms. The Morgan fingerprint density at radius 2 is 1.89 bits per heavy atom. The van der Waals surface area contributed by atoms with Gasteiger partial charge in [-0.2, -0.15) is 0 Å². The molecule has 1 aliphatic heterocycles. The summed E-state index contributed by atoms with van der Waals surface area (Å²) in [6.07, 6.45) is 4.77. The van der Waals surface area contributed by atoms with Gasteiger partial charge in [0.25, 0.3) is 5.56 Å². The van der Waals surface area contributed by atoms with Crippen LogP contribution in [0.3, 0.4) is 0 Å². The first-order valence-electron chi connectivity index (χ1n) is 9.50. The molecule has 0 unspecified atom stereocenters. The number of carbonyl (C=O) groups is 1. The SMILES string of the molecule is O=C(CCc1ccccc1)N1CCC(c2cc3ncccc3c(=O)[nH]2)CC1. The number of aryl methyl sites for hydroxylation is 1. The Balaban J connectivity index is 1.37. The fourth-order valence-corrected chi connectivity index (χ4v) is 3.82. The minimum Gasteiger partial charge on any atom is -0.343 e. The Kier molecular flexibility index (Phi) is 5.01. The van der Waals surface area contributed by atoms with E-state index in [1.165, 1.54) is 5.56 Å². The van der Waals surface area contributed by atoms with E-state index >= 15 is 0 Å². The molecule has 0 saturated carbocycles. The molecule has 0 bridgehead atoms. The van der Waals surface area contributed by atoms with Gasteiger partial charge in [-0.15, -0.1) is 0 Å². The molecule has 3 heterocycles. The molecule has 3 aromatic rings. The summed E-state index contributed by atoms with van der Waals surface area (Å²) in [5.41, 5.74) is 2.78. The zero-order valence-electron chi connectivity index (χ0n) is 15.2. The fourth-order valence-electron chi connectivity index (χ4n) is 3.82. The molecule has 1 aliphatic rings. The molecule has 27 heavy (non-hydrogen) atoms. The van der Waals surface area contributed by atoms with Crippen LogP contribution in [0.4, 0.5) is 0 Å². The smallest absolute Gasteiger partial charge is 0.257 e. The van der Waals surface area contributed by atoms with Crippen LogP contribution in [0.5, 0.6) is 0 Å². The first-order valence-corrected chi connectivity index (χ1v) is 9.50. The number of H-pyrrole nitrogens is 1. The van der Waals surface area contributed by atoms with Crippen LogP contribution in [0.1, 0.15) is 36.4 Å². The number of rotatable bonds is 4. The Morgan fingerprint density at radius 1 is 1.11 bits per heavy atom. The molecule has 138 valence electrons. The quantitative estimate of drug-likeness (QED) is 0.776. The van der Waals surface area contributed by atoms with Gasteiger partial charge in [-0.25, -0.2) is 0 Å². The number of nitrogens with zero attached hydrogens (tertiary/aromatic N) is 2.